The van der Waals surface area contributed by atoms with E-state index in [0.717, 1.165) is 45.5 Å². The number of aromatic nitrogens is 2. The SMILES string of the molecule is c1ccc(N(c2ccccc2)c2ccccc2N(c2ncccn2)c2ccccc2N(c2ccccc2)c2ccccc2)cc1. The van der Waals surface area contributed by atoms with Crippen LogP contribution >= 0.6 is 0 Å². The van der Waals surface area contributed by atoms with Crippen LogP contribution in [0.25, 0.3) is 0 Å². The van der Waals surface area contributed by atoms with Crippen molar-refractivity contribution >= 4 is 51.4 Å². The molecule has 45 heavy (non-hydrogen) atoms. The Labute approximate surface area is 263 Å². The number of benzene rings is 6. The zero-order chi connectivity index (χ0) is 30.3. The van der Waals surface area contributed by atoms with E-state index >= 15 is 0 Å². The minimum Gasteiger partial charge on any atom is -0.308 e. The molecule has 0 unspecified atom stereocenters. The molecule has 1 heterocycles. The molecular weight excluding hydrogens is 550 g/mol. The molecule has 5 nitrogen and oxygen atoms in total. The van der Waals surface area contributed by atoms with E-state index in [1.165, 1.54) is 0 Å². The van der Waals surface area contributed by atoms with Gasteiger partial charge in [-0.25, -0.2) is 9.97 Å². The fourth-order valence-electron chi connectivity index (χ4n) is 5.60. The largest absolute Gasteiger partial charge is 0.308 e. The number of nitrogens with zero attached hydrogens (tertiary/aromatic N) is 5. The Morgan fingerprint density at radius 2 is 0.533 bits per heavy atom. The average Bonchev–Trinajstić information content (AvgIpc) is 3.12. The summed E-state index contributed by atoms with van der Waals surface area (Å²) in [6.45, 7) is 0. The molecule has 5 heteroatoms. The maximum atomic E-state index is 4.80. The molecule has 0 amide bonds. The molecule has 0 aliphatic rings. The number of anilines is 9. The molecule has 216 valence electrons. The van der Waals surface area contributed by atoms with Crippen LogP contribution in [-0.2, 0) is 0 Å². The van der Waals surface area contributed by atoms with Crippen LogP contribution in [0.1, 0.15) is 0 Å². The zero-order valence-corrected chi connectivity index (χ0v) is 24.6. The predicted octanol–water partition coefficient (Wildman–Crippen LogP) is 10.9. The van der Waals surface area contributed by atoms with E-state index in [1.54, 1.807) is 12.4 Å². The molecule has 6 aromatic carbocycles. The molecule has 1 aromatic heterocycles. The average molecular weight is 582 g/mol. The molecule has 0 aliphatic heterocycles. The van der Waals surface area contributed by atoms with E-state index in [2.05, 4.69) is 160 Å². The van der Waals surface area contributed by atoms with Crippen LogP contribution in [0.5, 0.6) is 0 Å². The Morgan fingerprint density at radius 3 is 0.844 bits per heavy atom. The van der Waals surface area contributed by atoms with Crippen molar-refractivity contribution in [2.75, 3.05) is 14.7 Å². The van der Waals surface area contributed by atoms with Crippen LogP contribution in [0, 0.1) is 0 Å². The van der Waals surface area contributed by atoms with Crippen LogP contribution in [0.2, 0.25) is 0 Å². The highest BCUT2D eigenvalue weighted by molar-refractivity contribution is 5.95. The van der Waals surface area contributed by atoms with E-state index in [-0.39, 0.29) is 0 Å². The standard InChI is InChI=1S/C40H31N5/c1-5-18-32(19-6-1)43(33-20-7-2-8-21-33)36-26-13-15-28-38(36)45(40-41-30-17-31-42-40)39-29-16-14-27-37(39)44(34-22-9-3-10-23-34)35-24-11-4-12-25-35/h1-31H. The maximum absolute atomic E-state index is 4.80. The Hall–Kier alpha value is -6.20. The van der Waals surface area contributed by atoms with Crippen molar-refractivity contribution in [3.8, 4) is 0 Å². The minimum atomic E-state index is 0.569. The predicted molar refractivity (Wildman–Crippen MR) is 186 cm³/mol. The van der Waals surface area contributed by atoms with Crippen molar-refractivity contribution in [1.82, 2.24) is 9.97 Å². The van der Waals surface area contributed by atoms with Crippen LogP contribution in [-0.4, -0.2) is 9.97 Å². The van der Waals surface area contributed by atoms with Gasteiger partial charge in [0.1, 0.15) is 0 Å². The van der Waals surface area contributed by atoms with Crippen LogP contribution in [0.15, 0.2) is 188 Å². The van der Waals surface area contributed by atoms with E-state index in [9.17, 15) is 0 Å². The monoisotopic (exact) mass is 581 g/mol. The first-order valence-corrected chi connectivity index (χ1v) is 14.9. The Balaban J connectivity index is 1.49. The smallest absolute Gasteiger partial charge is 0.234 e. The molecule has 0 spiro atoms. The number of hydrogen-bond acceptors (Lipinski definition) is 5. The summed E-state index contributed by atoms with van der Waals surface area (Å²) in [5.74, 6) is 0.569. The van der Waals surface area contributed by atoms with Crippen LogP contribution in [0.4, 0.5) is 51.4 Å². The quantitative estimate of drug-likeness (QED) is 0.169. The maximum Gasteiger partial charge on any atom is 0.234 e. The number of rotatable bonds is 9. The van der Waals surface area contributed by atoms with Gasteiger partial charge >= 0.3 is 0 Å². The Kier molecular flexibility index (Phi) is 7.97. The van der Waals surface area contributed by atoms with Crippen molar-refractivity contribution in [3.63, 3.8) is 0 Å². The summed E-state index contributed by atoms with van der Waals surface area (Å²) < 4.78 is 0. The van der Waals surface area contributed by atoms with Gasteiger partial charge in [-0.3, -0.25) is 4.90 Å². The topological polar surface area (TPSA) is 35.5 Å². The first kappa shape index (κ1) is 27.6. The molecule has 0 atom stereocenters. The fraction of sp³-hybridized carbons (Fsp3) is 0. The van der Waals surface area contributed by atoms with Crippen LogP contribution in [0.3, 0.4) is 0 Å². The van der Waals surface area contributed by atoms with Crippen molar-refractivity contribution in [2.45, 2.75) is 0 Å². The lowest BCUT2D eigenvalue weighted by atomic mass is 10.1. The summed E-state index contributed by atoms with van der Waals surface area (Å²) in [6, 6.07) is 60.5. The van der Waals surface area contributed by atoms with Gasteiger partial charge in [0.25, 0.3) is 0 Å². The van der Waals surface area contributed by atoms with Gasteiger partial charge in [-0.1, -0.05) is 97.1 Å². The molecule has 0 saturated carbocycles. The molecule has 0 aliphatic carbocycles. The second-order valence-corrected chi connectivity index (χ2v) is 10.4. The van der Waals surface area contributed by atoms with Crippen molar-refractivity contribution < 1.29 is 0 Å². The molecule has 7 rings (SSSR count). The van der Waals surface area contributed by atoms with Crippen molar-refractivity contribution in [3.05, 3.63) is 188 Å². The zero-order valence-electron chi connectivity index (χ0n) is 24.6. The normalized spacial score (nSPS) is 10.7. The van der Waals surface area contributed by atoms with Gasteiger partial charge in [0.05, 0.1) is 22.7 Å². The van der Waals surface area contributed by atoms with Gasteiger partial charge in [0, 0.05) is 35.1 Å². The molecule has 7 aromatic rings. The molecule has 0 bridgehead atoms. The third-order valence-electron chi connectivity index (χ3n) is 7.54. The summed E-state index contributed by atoms with van der Waals surface area (Å²) in [4.78, 5) is 16.3. The summed E-state index contributed by atoms with van der Waals surface area (Å²) in [7, 11) is 0. The number of para-hydroxylation sites is 8. The van der Waals surface area contributed by atoms with Gasteiger partial charge in [-0.15, -0.1) is 0 Å². The first-order valence-electron chi connectivity index (χ1n) is 14.9. The lowest BCUT2D eigenvalue weighted by molar-refractivity contribution is 1.07. The van der Waals surface area contributed by atoms with E-state index in [4.69, 9.17) is 9.97 Å². The van der Waals surface area contributed by atoms with Gasteiger partial charge in [0.15, 0.2) is 0 Å². The molecular formula is C40H31N5. The van der Waals surface area contributed by atoms with E-state index in [1.807, 2.05) is 30.3 Å². The second-order valence-electron chi connectivity index (χ2n) is 10.4. The van der Waals surface area contributed by atoms with E-state index < -0.39 is 0 Å². The molecule has 0 saturated heterocycles. The highest BCUT2D eigenvalue weighted by Gasteiger charge is 2.27. The highest BCUT2D eigenvalue weighted by Crippen LogP contribution is 2.48. The summed E-state index contributed by atoms with van der Waals surface area (Å²) in [6.07, 6.45) is 3.58. The van der Waals surface area contributed by atoms with Crippen molar-refractivity contribution in [1.29, 1.82) is 0 Å². The lowest BCUT2D eigenvalue weighted by Gasteiger charge is -2.34. The fourth-order valence-corrected chi connectivity index (χ4v) is 5.60. The van der Waals surface area contributed by atoms with Crippen molar-refractivity contribution in [2.24, 2.45) is 0 Å². The Bertz CT molecular complexity index is 1750. The second kappa shape index (κ2) is 13.0. The highest BCUT2D eigenvalue weighted by atomic mass is 15.3. The molecule has 0 radical (unpaired) electrons. The first-order chi connectivity index (χ1) is 22.4. The molecule has 0 N–H and O–H groups in total. The van der Waals surface area contributed by atoms with E-state index in [0.29, 0.717) is 5.95 Å². The van der Waals surface area contributed by atoms with Gasteiger partial charge in [-0.05, 0) is 78.9 Å². The lowest BCUT2D eigenvalue weighted by Crippen LogP contribution is -2.21. The third-order valence-corrected chi connectivity index (χ3v) is 7.54. The van der Waals surface area contributed by atoms with Crippen LogP contribution < -0.4 is 14.7 Å². The van der Waals surface area contributed by atoms with Gasteiger partial charge < -0.3 is 9.80 Å². The number of hydrogen-bond donors (Lipinski definition) is 0. The van der Waals surface area contributed by atoms with Gasteiger partial charge in [-0.2, -0.15) is 0 Å². The van der Waals surface area contributed by atoms with Gasteiger partial charge in [0.2, 0.25) is 5.95 Å². The molecule has 0 fully saturated rings. The summed E-state index contributed by atoms with van der Waals surface area (Å²) >= 11 is 0. The third kappa shape index (κ3) is 5.75. The summed E-state index contributed by atoms with van der Waals surface area (Å²) in [5.41, 5.74) is 8.05. The Morgan fingerprint density at radius 1 is 0.267 bits per heavy atom. The summed E-state index contributed by atoms with van der Waals surface area (Å²) in [5, 5.41) is 0. The minimum absolute atomic E-state index is 0.569.